The lowest BCUT2D eigenvalue weighted by atomic mass is 9.79. The van der Waals surface area contributed by atoms with Gasteiger partial charge in [-0.1, -0.05) is 44.2 Å². The molecule has 1 unspecified atom stereocenters. The van der Waals surface area contributed by atoms with Gasteiger partial charge in [0.25, 0.3) is 0 Å². The number of benzene rings is 2. The van der Waals surface area contributed by atoms with Gasteiger partial charge in [0, 0.05) is 11.7 Å². The van der Waals surface area contributed by atoms with E-state index in [0.717, 1.165) is 17.9 Å². The fraction of sp³-hybridized carbons (Fsp3) is 0.381. The van der Waals surface area contributed by atoms with Crippen LogP contribution in [0.4, 0.5) is 5.69 Å². The van der Waals surface area contributed by atoms with Gasteiger partial charge in [0.1, 0.15) is 5.75 Å². The Balaban J connectivity index is 1.87. The maximum atomic E-state index is 5.45. The van der Waals surface area contributed by atoms with Gasteiger partial charge in [0.2, 0.25) is 0 Å². The molecule has 2 aromatic carbocycles. The molecule has 2 aromatic rings. The highest BCUT2D eigenvalue weighted by atomic mass is 32.1. The van der Waals surface area contributed by atoms with Gasteiger partial charge < -0.3 is 15.4 Å². The first-order valence-corrected chi connectivity index (χ1v) is 9.17. The lowest BCUT2D eigenvalue weighted by Gasteiger charge is -2.29. The van der Waals surface area contributed by atoms with Crippen LogP contribution >= 0.6 is 12.2 Å². The van der Waals surface area contributed by atoms with Crippen LogP contribution in [0, 0.1) is 0 Å². The number of anilines is 1. The molecule has 0 spiro atoms. The SMILES string of the molecule is CCOc1ccc(NC(=S)NC(C)CC(C)(C)c2ccccc2)cc1. The standard InChI is InChI=1S/C21H28N2OS/c1-5-24-19-13-11-18(12-14-19)23-20(25)22-16(2)15-21(3,4)17-9-7-6-8-10-17/h6-14,16H,5,15H2,1-4H3,(H2,22,23,25). The fourth-order valence-corrected chi connectivity index (χ4v) is 3.33. The lowest BCUT2D eigenvalue weighted by molar-refractivity contribution is 0.340. The van der Waals surface area contributed by atoms with Gasteiger partial charge in [-0.2, -0.15) is 0 Å². The number of hydrogen-bond donors (Lipinski definition) is 2. The third-order valence-corrected chi connectivity index (χ3v) is 4.39. The van der Waals surface area contributed by atoms with Crippen molar-refractivity contribution in [3.8, 4) is 5.75 Å². The van der Waals surface area contributed by atoms with Crippen molar-refractivity contribution in [3.63, 3.8) is 0 Å². The predicted octanol–water partition coefficient (Wildman–Crippen LogP) is 5.13. The number of ether oxygens (including phenoxy) is 1. The number of thiocarbonyl (C=S) groups is 1. The predicted molar refractivity (Wildman–Crippen MR) is 111 cm³/mol. The van der Waals surface area contributed by atoms with E-state index in [-0.39, 0.29) is 11.5 Å². The van der Waals surface area contributed by atoms with Crippen LogP contribution in [0.5, 0.6) is 5.75 Å². The molecule has 2 rings (SSSR count). The highest BCUT2D eigenvalue weighted by molar-refractivity contribution is 7.80. The van der Waals surface area contributed by atoms with Crippen molar-refractivity contribution in [2.75, 3.05) is 11.9 Å². The largest absolute Gasteiger partial charge is 0.494 e. The molecular weight excluding hydrogens is 328 g/mol. The van der Waals surface area contributed by atoms with Gasteiger partial charge >= 0.3 is 0 Å². The minimum atomic E-state index is 0.0857. The average molecular weight is 357 g/mol. The monoisotopic (exact) mass is 356 g/mol. The molecule has 0 fully saturated rings. The Morgan fingerprint density at radius 2 is 1.72 bits per heavy atom. The summed E-state index contributed by atoms with van der Waals surface area (Å²) < 4.78 is 5.45. The van der Waals surface area contributed by atoms with Crippen molar-refractivity contribution in [1.29, 1.82) is 0 Å². The zero-order valence-corrected chi connectivity index (χ0v) is 16.3. The molecule has 3 nitrogen and oxygen atoms in total. The van der Waals surface area contributed by atoms with Crippen molar-refractivity contribution in [2.24, 2.45) is 0 Å². The first-order chi connectivity index (χ1) is 11.9. The molecule has 0 radical (unpaired) electrons. The normalized spacial score (nSPS) is 12.3. The van der Waals surface area contributed by atoms with E-state index in [9.17, 15) is 0 Å². The van der Waals surface area contributed by atoms with Gasteiger partial charge in [0.15, 0.2) is 5.11 Å². The second-order valence-electron chi connectivity index (χ2n) is 6.91. The minimum Gasteiger partial charge on any atom is -0.494 e. The van der Waals surface area contributed by atoms with Gasteiger partial charge in [-0.3, -0.25) is 0 Å². The van der Waals surface area contributed by atoms with Gasteiger partial charge in [-0.15, -0.1) is 0 Å². The summed E-state index contributed by atoms with van der Waals surface area (Å²) in [5, 5.41) is 7.25. The van der Waals surface area contributed by atoms with Crippen LogP contribution in [-0.2, 0) is 5.41 Å². The molecule has 0 saturated heterocycles. The summed E-state index contributed by atoms with van der Waals surface area (Å²) in [7, 11) is 0. The summed E-state index contributed by atoms with van der Waals surface area (Å²) in [6.45, 7) is 9.34. The zero-order valence-electron chi connectivity index (χ0n) is 15.5. The molecule has 0 aliphatic carbocycles. The second-order valence-corrected chi connectivity index (χ2v) is 7.32. The van der Waals surface area contributed by atoms with Gasteiger partial charge in [-0.05, 0) is 67.7 Å². The summed E-state index contributed by atoms with van der Waals surface area (Å²) >= 11 is 5.45. The van der Waals surface area contributed by atoms with Gasteiger partial charge in [0.05, 0.1) is 6.61 Å². The van der Waals surface area contributed by atoms with E-state index in [1.165, 1.54) is 5.56 Å². The van der Waals surface area contributed by atoms with E-state index in [4.69, 9.17) is 17.0 Å². The minimum absolute atomic E-state index is 0.0857. The van der Waals surface area contributed by atoms with E-state index in [1.807, 2.05) is 31.2 Å². The lowest BCUT2D eigenvalue weighted by Crippen LogP contribution is -2.39. The number of rotatable bonds is 7. The molecule has 0 saturated carbocycles. The van der Waals surface area contributed by atoms with Crippen LogP contribution in [0.25, 0.3) is 0 Å². The zero-order chi connectivity index (χ0) is 18.3. The second kappa shape index (κ2) is 8.86. The third kappa shape index (κ3) is 6.05. The number of hydrogen-bond acceptors (Lipinski definition) is 2. The average Bonchev–Trinajstić information content (AvgIpc) is 2.57. The first-order valence-electron chi connectivity index (χ1n) is 8.76. The van der Waals surface area contributed by atoms with Crippen LogP contribution in [0.2, 0.25) is 0 Å². The fourth-order valence-electron chi connectivity index (χ4n) is 3.02. The van der Waals surface area contributed by atoms with E-state index in [0.29, 0.717) is 11.7 Å². The van der Waals surface area contributed by atoms with Crippen molar-refractivity contribution >= 4 is 23.0 Å². The molecule has 134 valence electrons. The van der Waals surface area contributed by atoms with Gasteiger partial charge in [-0.25, -0.2) is 0 Å². The molecule has 0 heterocycles. The molecule has 0 aromatic heterocycles. The Bertz CT molecular complexity index is 668. The highest BCUT2D eigenvalue weighted by Gasteiger charge is 2.23. The summed E-state index contributed by atoms with van der Waals surface area (Å²) in [6, 6.07) is 18.7. The Morgan fingerprint density at radius 1 is 1.08 bits per heavy atom. The Kier molecular flexibility index (Phi) is 6.82. The first kappa shape index (κ1) is 19.3. The summed E-state index contributed by atoms with van der Waals surface area (Å²) in [5.74, 6) is 0.866. The topological polar surface area (TPSA) is 33.3 Å². The van der Waals surface area contributed by atoms with E-state index >= 15 is 0 Å². The Morgan fingerprint density at radius 3 is 2.32 bits per heavy atom. The molecular formula is C21H28N2OS. The van der Waals surface area contributed by atoms with Crippen LogP contribution in [0.3, 0.4) is 0 Å². The van der Waals surface area contributed by atoms with Crippen LogP contribution in [-0.4, -0.2) is 17.8 Å². The molecule has 0 aliphatic heterocycles. The maximum absolute atomic E-state index is 5.45. The maximum Gasteiger partial charge on any atom is 0.170 e. The van der Waals surface area contributed by atoms with E-state index in [1.54, 1.807) is 0 Å². The van der Waals surface area contributed by atoms with Crippen LogP contribution < -0.4 is 15.4 Å². The molecule has 0 bridgehead atoms. The summed E-state index contributed by atoms with van der Waals surface area (Å²) in [6.07, 6.45) is 0.988. The van der Waals surface area contributed by atoms with Crippen LogP contribution in [0.15, 0.2) is 54.6 Å². The highest BCUT2D eigenvalue weighted by Crippen LogP contribution is 2.28. The molecule has 2 N–H and O–H groups in total. The van der Waals surface area contributed by atoms with Crippen molar-refractivity contribution < 1.29 is 4.74 Å². The van der Waals surface area contributed by atoms with Crippen molar-refractivity contribution in [1.82, 2.24) is 5.32 Å². The molecule has 25 heavy (non-hydrogen) atoms. The molecule has 0 amide bonds. The van der Waals surface area contributed by atoms with E-state index < -0.39 is 0 Å². The third-order valence-electron chi connectivity index (χ3n) is 4.17. The number of nitrogens with one attached hydrogen (secondary N) is 2. The summed E-state index contributed by atoms with van der Waals surface area (Å²) in [5.41, 5.74) is 2.38. The smallest absolute Gasteiger partial charge is 0.170 e. The quantitative estimate of drug-likeness (QED) is 0.674. The summed E-state index contributed by atoms with van der Waals surface area (Å²) in [4.78, 5) is 0. The Hall–Kier alpha value is -2.07. The molecule has 1 atom stereocenters. The molecule has 0 aliphatic rings. The van der Waals surface area contributed by atoms with E-state index in [2.05, 4.69) is 61.7 Å². The Labute approximate surface area is 156 Å². The van der Waals surface area contributed by atoms with Crippen molar-refractivity contribution in [3.05, 3.63) is 60.2 Å². The van der Waals surface area contributed by atoms with Crippen LogP contribution in [0.1, 0.15) is 39.7 Å². The molecule has 4 heteroatoms. The van der Waals surface area contributed by atoms with Crippen molar-refractivity contribution in [2.45, 2.75) is 45.6 Å².